The lowest BCUT2D eigenvalue weighted by Gasteiger charge is -2.44. The first kappa shape index (κ1) is 21.3. The summed E-state index contributed by atoms with van der Waals surface area (Å²) >= 11 is 0. The number of sulfonamides is 1. The summed E-state index contributed by atoms with van der Waals surface area (Å²) in [6, 6.07) is 7.98. The summed E-state index contributed by atoms with van der Waals surface area (Å²) in [5.41, 5.74) is 0. The second-order valence-electron chi connectivity index (χ2n) is 8.40. The van der Waals surface area contributed by atoms with E-state index in [0.29, 0.717) is 18.5 Å². The summed E-state index contributed by atoms with van der Waals surface area (Å²) in [7, 11) is -3.73. The molecule has 28 heavy (non-hydrogen) atoms. The minimum atomic E-state index is -3.73. The van der Waals surface area contributed by atoms with E-state index in [1.807, 2.05) is 13.8 Å². The molecule has 156 valence electrons. The van der Waals surface area contributed by atoms with Crippen LogP contribution in [0.4, 0.5) is 0 Å². The highest BCUT2D eigenvalue weighted by atomic mass is 32.2. The van der Waals surface area contributed by atoms with Crippen molar-refractivity contribution in [3.8, 4) is 0 Å². The Morgan fingerprint density at radius 3 is 2.54 bits per heavy atom. The molecule has 0 radical (unpaired) electrons. The summed E-state index contributed by atoms with van der Waals surface area (Å²) in [4.78, 5) is 15.6. The molecule has 1 aromatic carbocycles. The first-order valence-corrected chi connectivity index (χ1v) is 12.0. The first-order chi connectivity index (χ1) is 13.4. The molecule has 3 rings (SSSR count). The lowest BCUT2D eigenvalue weighted by molar-refractivity contribution is -0.124. The average Bonchev–Trinajstić information content (AvgIpc) is 2.70. The highest BCUT2D eigenvalue weighted by Gasteiger charge is 2.34. The molecule has 2 N–H and O–H groups in total. The molecular weight excluding hydrogens is 374 g/mol. The molecule has 6 nitrogen and oxygen atoms in total. The third-order valence-corrected chi connectivity index (χ3v) is 7.51. The number of amides is 1. The number of piperidine rings is 2. The van der Waals surface area contributed by atoms with Crippen LogP contribution >= 0.6 is 0 Å². The van der Waals surface area contributed by atoms with Gasteiger partial charge in [-0.25, -0.2) is 8.42 Å². The maximum atomic E-state index is 12.8. The van der Waals surface area contributed by atoms with Gasteiger partial charge in [0.1, 0.15) is 6.04 Å². The fourth-order valence-corrected chi connectivity index (χ4v) is 5.85. The summed E-state index contributed by atoms with van der Waals surface area (Å²) in [5, 5.41) is 3.05. The highest BCUT2D eigenvalue weighted by molar-refractivity contribution is 7.89. The third-order valence-electron chi connectivity index (χ3n) is 6.05. The molecule has 2 aliphatic heterocycles. The maximum Gasteiger partial charge on any atom is 0.241 e. The Kier molecular flexibility index (Phi) is 7.12. The quantitative estimate of drug-likeness (QED) is 0.727. The molecule has 7 heteroatoms. The van der Waals surface area contributed by atoms with E-state index in [1.165, 1.54) is 50.9 Å². The van der Waals surface area contributed by atoms with Crippen LogP contribution < -0.4 is 10.0 Å². The van der Waals surface area contributed by atoms with Gasteiger partial charge in [0, 0.05) is 12.6 Å². The molecule has 1 amide bonds. The number of nitrogens with one attached hydrogen (secondary N) is 2. The Morgan fingerprint density at radius 2 is 1.82 bits per heavy atom. The van der Waals surface area contributed by atoms with Crippen molar-refractivity contribution in [2.45, 2.75) is 62.9 Å². The maximum absolute atomic E-state index is 12.8. The number of carbonyl (C=O) groups is 1. The molecule has 0 aliphatic carbocycles. The molecule has 2 saturated heterocycles. The van der Waals surface area contributed by atoms with Crippen molar-refractivity contribution in [3.05, 3.63) is 30.3 Å². The van der Waals surface area contributed by atoms with Crippen LogP contribution in [0.15, 0.2) is 35.2 Å². The molecule has 2 aliphatic rings. The molecular formula is C21H33N3O3S. The number of carbonyl (C=O) groups excluding carboxylic acids is 1. The van der Waals surface area contributed by atoms with Gasteiger partial charge in [-0.3, -0.25) is 4.79 Å². The normalized spacial score (nSPS) is 24.5. The van der Waals surface area contributed by atoms with Crippen molar-refractivity contribution in [2.75, 3.05) is 19.6 Å². The van der Waals surface area contributed by atoms with Crippen LogP contribution in [0.2, 0.25) is 0 Å². The molecule has 0 unspecified atom stereocenters. The fraction of sp³-hybridized carbons (Fsp3) is 0.667. The highest BCUT2D eigenvalue weighted by Crippen LogP contribution is 2.30. The fourth-order valence-electron chi connectivity index (χ4n) is 4.48. The van der Waals surface area contributed by atoms with Crippen molar-refractivity contribution in [1.82, 2.24) is 14.9 Å². The molecule has 2 heterocycles. The lowest BCUT2D eigenvalue weighted by Crippen LogP contribution is -2.54. The van der Waals surface area contributed by atoms with Gasteiger partial charge in [0.15, 0.2) is 0 Å². The number of hydrogen-bond donors (Lipinski definition) is 2. The van der Waals surface area contributed by atoms with Crippen LogP contribution in [-0.4, -0.2) is 50.9 Å². The second-order valence-corrected chi connectivity index (χ2v) is 10.1. The van der Waals surface area contributed by atoms with E-state index < -0.39 is 16.1 Å². The largest absolute Gasteiger partial charge is 0.354 e. The SMILES string of the molecule is CC(C)[C@H](NS(=O)(=O)c1ccccc1)C(=O)NC[C@@H]1CCCN2CCCC[C@H]12. The summed E-state index contributed by atoms with van der Waals surface area (Å²) < 4.78 is 27.9. The molecule has 0 saturated carbocycles. The Bertz CT molecular complexity index is 749. The van der Waals surface area contributed by atoms with Crippen LogP contribution in [0.5, 0.6) is 0 Å². The van der Waals surface area contributed by atoms with Crippen molar-refractivity contribution in [3.63, 3.8) is 0 Å². The minimum absolute atomic E-state index is 0.143. The number of benzene rings is 1. The number of hydrogen-bond acceptors (Lipinski definition) is 4. The van der Waals surface area contributed by atoms with Gasteiger partial charge in [-0.2, -0.15) is 4.72 Å². The molecule has 1 aromatic rings. The standard InChI is InChI=1S/C21H33N3O3S/c1-16(2)20(23-28(26,27)18-10-4-3-5-11-18)21(25)22-15-17-9-8-14-24-13-7-6-12-19(17)24/h3-5,10-11,16-17,19-20,23H,6-9,12-15H2,1-2H3,(H,22,25)/t17-,19+,20-/m0/s1. The van der Waals surface area contributed by atoms with Gasteiger partial charge in [0.2, 0.25) is 15.9 Å². The van der Waals surface area contributed by atoms with Gasteiger partial charge in [0.05, 0.1) is 4.90 Å². The Morgan fingerprint density at radius 1 is 1.11 bits per heavy atom. The summed E-state index contributed by atoms with van der Waals surface area (Å²) in [5.74, 6) is 0.0787. The first-order valence-electron chi connectivity index (χ1n) is 10.5. The third kappa shape index (κ3) is 5.13. The average molecular weight is 408 g/mol. The van der Waals surface area contributed by atoms with E-state index in [-0.39, 0.29) is 16.7 Å². The predicted molar refractivity (Wildman–Crippen MR) is 110 cm³/mol. The lowest BCUT2D eigenvalue weighted by atomic mass is 9.83. The zero-order valence-electron chi connectivity index (χ0n) is 16.9. The van der Waals surface area contributed by atoms with Gasteiger partial charge < -0.3 is 10.2 Å². The molecule has 0 aromatic heterocycles. The van der Waals surface area contributed by atoms with Gasteiger partial charge in [-0.05, 0) is 62.7 Å². The van der Waals surface area contributed by atoms with Crippen molar-refractivity contribution >= 4 is 15.9 Å². The van der Waals surface area contributed by atoms with E-state index in [9.17, 15) is 13.2 Å². The van der Waals surface area contributed by atoms with Crippen LogP contribution in [0.25, 0.3) is 0 Å². The van der Waals surface area contributed by atoms with Gasteiger partial charge in [-0.1, -0.05) is 38.5 Å². The Hall–Kier alpha value is -1.44. The van der Waals surface area contributed by atoms with E-state index in [2.05, 4.69) is 14.9 Å². The van der Waals surface area contributed by atoms with Crippen molar-refractivity contribution in [2.24, 2.45) is 11.8 Å². The Labute approximate surface area is 169 Å². The van der Waals surface area contributed by atoms with Gasteiger partial charge in [-0.15, -0.1) is 0 Å². The molecule has 0 bridgehead atoms. The topological polar surface area (TPSA) is 78.5 Å². The van der Waals surface area contributed by atoms with Crippen LogP contribution in [-0.2, 0) is 14.8 Å². The smallest absolute Gasteiger partial charge is 0.241 e. The van der Waals surface area contributed by atoms with Crippen molar-refractivity contribution < 1.29 is 13.2 Å². The second kappa shape index (κ2) is 9.37. The zero-order chi connectivity index (χ0) is 20.1. The van der Waals surface area contributed by atoms with Gasteiger partial charge in [0.25, 0.3) is 0 Å². The van der Waals surface area contributed by atoms with Crippen LogP contribution in [0.3, 0.4) is 0 Å². The summed E-state index contributed by atoms with van der Waals surface area (Å²) in [6.07, 6.45) is 6.03. The molecule has 0 spiro atoms. The minimum Gasteiger partial charge on any atom is -0.354 e. The van der Waals surface area contributed by atoms with E-state index in [0.717, 1.165) is 6.42 Å². The number of fused-ring (bicyclic) bond motifs is 1. The monoisotopic (exact) mass is 407 g/mol. The number of nitrogens with zero attached hydrogens (tertiary/aromatic N) is 1. The van der Waals surface area contributed by atoms with Gasteiger partial charge >= 0.3 is 0 Å². The van der Waals surface area contributed by atoms with Crippen LogP contribution in [0.1, 0.15) is 46.0 Å². The van der Waals surface area contributed by atoms with E-state index >= 15 is 0 Å². The predicted octanol–water partition coefficient (Wildman–Crippen LogP) is 2.37. The van der Waals surface area contributed by atoms with E-state index in [4.69, 9.17) is 0 Å². The molecule has 2 fully saturated rings. The van der Waals surface area contributed by atoms with E-state index in [1.54, 1.807) is 18.2 Å². The summed E-state index contributed by atoms with van der Waals surface area (Å²) in [6.45, 7) is 6.68. The number of rotatable bonds is 7. The Balaban J connectivity index is 1.62. The van der Waals surface area contributed by atoms with Crippen molar-refractivity contribution in [1.29, 1.82) is 0 Å². The molecule has 3 atom stereocenters. The zero-order valence-corrected chi connectivity index (χ0v) is 17.7. The van der Waals surface area contributed by atoms with Crippen LogP contribution in [0, 0.1) is 11.8 Å².